The highest BCUT2D eigenvalue weighted by molar-refractivity contribution is 5.81. The Labute approximate surface area is 172 Å². The van der Waals surface area contributed by atoms with Crippen molar-refractivity contribution >= 4 is 22.7 Å². The van der Waals surface area contributed by atoms with Crippen molar-refractivity contribution < 1.29 is 0 Å². The Balaban J connectivity index is 1.38. The van der Waals surface area contributed by atoms with Crippen LogP contribution in [0.5, 0.6) is 0 Å². The van der Waals surface area contributed by atoms with E-state index in [0.717, 1.165) is 29.2 Å². The van der Waals surface area contributed by atoms with Crippen molar-refractivity contribution in [3.63, 3.8) is 0 Å². The van der Waals surface area contributed by atoms with Gasteiger partial charge in [0.05, 0.1) is 0 Å². The number of anilines is 4. The van der Waals surface area contributed by atoms with Crippen molar-refractivity contribution in [2.45, 2.75) is 20.3 Å². The molecule has 1 aliphatic carbocycles. The van der Waals surface area contributed by atoms with Gasteiger partial charge in [-0.2, -0.15) is 0 Å². The molecule has 2 nitrogen and oxygen atoms in total. The standard InChI is InChI=1S/C27H24N2/c1-18-5-3-7-22(13-18)28-24-9-11-26-20(16-24)15-21-17-25(10-12-27(21)26)29-23-8-4-6-19(2)14-23/h3-14,16-17,28-29H,15H2,1-2H3. The fourth-order valence-corrected chi connectivity index (χ4v) is 4.15. The van der Waals surface area contributed by atoms with Crippen LogP contribution >= 0.6 is 0 Å². The van der Waals surface area contributed by atoms with Gasteiger partial charge in [0.15, 0.2) is 0 Å². The summed E-state index contributed by atoms with van der Waals surface area (Å²) in [4.78, 5) is 0. The lowest BCUT2D eigenvalue weighted by Gasteiger charge is -2.10. The van der Waals surface area contributed by atoms with E-state index < -0.39 is 0 Å². The van der Waals surface area contributed by atoms with E-state index in [0.29, 0.717) is 0 Å². The summed E-state index contributed by atoms with van der Waals surface area (Å²) in [6, 6.07) is 30.4. The fourth-order valence-electron chi connectivity index (χ4n) is 4.15. The Bertz CT molecular complexity index is 1110. The number of fused-ring (bicyclic) bond motifs is 3. The van der Waals surface area contributed by atoms with E-state index in [9.17, 15) is 0 Å². The van der Waals surface area contributed by atoms with Crippen molar-refractivity contribution in [1.82, 2.24) is 0 Å². The maximum Gasteiger partial charge on any atom is 0.0387 e. The topological polar surface area (TPSA) is 24.1 Å². The van der Waals surface area contributed by atoms with Gasteiger partial charge in [0.1, 0.15) is 0 Å². The van der Waals surface area contributed by atoms with Crippen LogP contribution < -0.4 is 10.6 Å². The zero-order valence-corrected chi connectivity index (χ0v) is 16.8. The van der Waals surface area contributed by atoms with Gasteiger partial charge in [0.25, 0.3) is 0 Å². The van der Waals surface area contributed by atoms with Crippen LogP contribution in [-0.4, -0.2) is 0 Å². The summed E-state index contributed by atoms with van der Waals surface area (Å²) in [6.07, 6.45) is 0.970. The first-order valence-corrected chi connectivity index (χ1v) is 10.1. The van der Waals surface area contributed by atoms with Crippen molar-refractivity contribution in [2.75, 3.05) is 10.6 Å². The largest absolute Gasteiger partial charge is 0.356 e. The zero-order valence-electron chi connectivity index (χ0n) is 16.8. The molecular formula is C27H24N2. The average Bonchev–Trinajstić information content (AvgIpc) is 3.05. The molecule has 0 amide bonds. The van der Waals surface area contributed by atoms with Gasteiger partial charge in [-0.05, 0) is 102 Å². The molecule has 0 saturated heterocycles. The number of hydrogen-bond acceptors (Lipinski definition) is 2. The Morgan fingerprint density at radius 2 is 0.966 bits per heavy atom. The molecule has 1 aliphatic rings. The number of nitrogens with one attached hydrogen (secondary N) is 2. The van der Waals surface area contributed by atoms with Crippen LogP contribution in [-0.2, 0) is 6.42 Å². The summed E-state index contributed by atoms with van der Waals surface area (Å²) in [6.45, 7) is 4.24. The predicted molar refractivity (Wildman–Crippen MR) is 124 cm³/mol. The molecular weight excluding hydrogens is 352 g/mol. The smallest absolute Gasteiger partial charge is 0.0387 e. The number of aryl methyl sites for hydroxylation is 2. The highest BCUT2D eigenvalue weighted by Gasteiger charge is 2.19. The third kappa shape index (κ3) is 3.62. The van der Waals surface area contributed by atoms with Crippen molar-refractivity contribution in [2.24, 2.45) is 0 Å². The molecule has 0 bridgehead atoms. The second kappa shape index (κ2) is 7.14. The summed E-state index contributed by atoms with van der Waals surface area (Å²) in [5.41, 5.74) is 12.5. The third-order valence-electron chi connectivity index (χ3n) is 5.50. The lowest BCUT2D eigenvalue weighted by Crippen LogP contribution is -1.92. The predicted octanol–water partition coefficient (Wildman–Crippen LogP) is 7.36. The first-order valence-electron chi connectivity index (χ1n) is 10.1. The second-order valence-corrected chi connectivity index (χ2v) is 7.91. The Kier molecular flexibility index (Phi) is 4.33. The molecule has 142 valence electrons. The minimum Gasteiger partial charge on any atom is -0.356 e. The van der Waals surface area contributed by atoms with Crippen molar-refractivity contribution in [1.29, 1.82) is 0 Å². The van der Waals surface area contributed by atoms with Gasteiger partial charge in [-0.15, -0.1) is 0 Å². The molecule has 0 aliphatic heterocycles. The number of rotatable bonds is 4. The number of benzene rings is 4. The monoisotopic (exact) mass is 376 g/mol. The van der Waals surface area contributed by atoms with Crippen LogP contribution in [0, 0.1) is 13.8 Å². The molecule has 29 heavy (non-hydrogen) atoms. The van der Waals surface area contributed by atoms with Gasteiger partial charge in [-0.25, -0.2) is 0 Å². The molecule has 0 aromatic heterocycles. The van der Waals surface area contributed by atoms with E-state index in [1.165, 1.54) is 33.4 Å². The molecule has 0 spiro atoms. The summed E-state index contributed by atoms with van der Waals surface area (Å²) in [5.74, 6) is 0. The van der Waals surface area contributed by atoms with Crippen LogP contribution in [0.25, 0.3) is 11.1 Å². The van der Waals surface area contributed by atoms with Crippen LogP contribution in [0.3, 0.4) is 0 Å². The first kappa shape index (κ1) is 17.6. The Morgan fingerprint density at radius 3 is 1.41 bits per heavy atom. The normalized spacial score (nSPS) is 11.7. The lowest BCUT2D eigenvalue weighted by atomic mass is 10.0. The van der Waals surface area contributed by atoms with E-state index in [2.05, 4.69) is 109 Å². The quantitative estimate of drug-likeness (QED) is 0.342. The molecule has 2 N–H and O–H groups in total. The molecule has 4 aromatic carbocycles. The highest BCUT2D eigenvalue weighted by atomic mass is 14.9. The molecule has 5 rings (SSSR count). The van der Waals surface area contributed by atoms with E-state index in [4.69, 9.17) is 0 Å². The van der Waals surface area contributed by atoms with Crippen molar-refractivity contribution in [3.8, 4) is 11.1 Å². The van der Waals surface area contributed by atoms with Crippen LogP contribution in [0.15, 0.2) is 84.9 Å². The van der Waals surface area contributed by atoms with Crippen LogP contribution in [0.2, 0.25) is 0 Å². The Hall–Kier alpha value is -3.52. The first-order chi connectivity index (χ1) is 14.1. The van der Waals surface area contributed by atoms with E-state index in [-0.39, 0.29) is 0 Å². The maximum absolute atomic E-state index is 3.54. The average molecular weight is 377 g/mol. The van der Waals surface area contributed by atoms with E-state index in [1.807, 2.05) is 0 Å². The van der Waals surface area contributed by atoms with Gasteiger partial charge in [-0.3, -0.25) is 0 Å². The van der Waals surface area contributed by atoms with Crippen LogP contribution in [0.4, 0.5) is 22.7 Å². The minimum absolute atomic E-state index is 0.970. The molecule has 0 radical (unpaired) electrons. The summed E-state index contributed by atoms with van der Waals surface area (Å²) >= 11 is 0. The van der Waals surface area contributed by atoms with E-state index >= 15 is 0 Å². The third-order valence-corrected chi connectivity index (χ3v) is 5.50. The second-order valence-electron chi connectivity index (χ2n) is 7.91. The summed E-state index contributed by atoms with van der Waals surface area (Å²) in [7, 11) is 0. The van der Waals surface area contributed by atoms with Crippen molar-refractivity contribution in [3.05, 3.63) is 107 Å². The van der Waals surface area contributed by atoms with Crippen LogP contribution in [0.1, 0.15) is 22.3 Å². The van der Waals surface area contributed by atoms with Gasteiger partial charge in [-0.1, -0.05) is 36.4 Å². The molecule has 0 fully saturated rings. The molecule has 0 heterocycles. The highest BCUT2D eigenvalue weighted by Crippen LogP contribution is 2.39. The molecule has 0 saturated carbocycles. The molecule has 4 aromatic rings. The van der Waals surface area contributed by atoms with Gasteiger partial charge < -0.3 is 10.6 Å². The van der Waals surface area contributed by atoms with E-state index in [1.54, 1.807) is 0 Å². The van der Waals surface area contributed by atoms with Gasteiger partial charge in [0, 0.05) is 22.7 Å². The number of hydrogen-bond donors (Lipinski definition) is 2. The molecule has 2 heteroatoms. The maximum atomic E-state index is 3.54. The van der Waals surface area contributed by atoms with Gasteiger partial charge in [0.2, 0.25) is 0 Å². The fraction of sp³-hybridized carbons (Fsp3) is 0.111. The summed E-state index contributed by atoms with van der Waals surface area (Å²) in [5, 5.41) is 7.08. The SMILES string of the molecule is Cc1cccc(Nc2ccc3c(c2)Cc2cc(Nc4cccc(C)c4)ccc2-3)c1. The molecule has 0 atom stereocenters. The van der Waals surface area contributed by atoms with Gasteiger partial charge >= 0.3 is 0 Å². The molecule has 0 unspecified atom stereocenters. The summed E-state index contributed by atoms with van der Waals surface area (Å²) < 4.78 is 0. The zero-order chi connectivity index (χ0) is 19.8. The lowest BCUT2D eigenvalue weighted by molar-refractivity contribution is 1.26. The minimum atomic E-state index is 0.970. The Morgan fingerprint density at radius 1 is 0.517 bits per heavy atom.